The van der Waals surface area contributed by atoms with E-state index in [-0.39, 0.29) is 13.2 Å². The second-order valence-electron chi connectivity index (χ2n) is 6.18. The minimum atomic E-state index is -2.05. The highest BCUT2D eigenvalue weighted by atomic mass is 16.6. The summed E-state index contributed by atoms with van der Waals surface area (Å²) in [4.78, 5) is 38.5. The molecule has 2 aromatic carbocycles. The fourth-order valence-electron chi connectivity index (χ4n) is 3.24. The topological polar surface area (TPSA) is 81.7 Å². The highest BCUT2D eigenvalue weighted by Gasteiger charge is 2.57. The van der Waals surface area contributed by atoms with Crippen LogP contribution in [0.25, 0.3) is 0 Å². The molecule has 2 rings (SSSR count). The second-order valence-corrected chi connectivity index (χ2v) is 6.18. The zero-order valence-electron chi connectivity index (χ0n) is 16.3. The molecule has 1 amide bonds. The maximum Gasteiger partial charge on any atom is 0.344 e. The molecule has 0 heterocycles. The van der Waals surface area contributed by atoms with Crippen LogP contribution >= 0.6 is 0 Å². The second kappa shape index (κ2) is 9.69. The molecule has 0 atom stereocenters. The highest BCUT2D eigenvalue weighted by Crippen LogP contribution is 2.37. The summed E-state index contributed by atoms with van der Waals surface area (Å²) in [5.41, 5.74) is -0.715. The van der Waals surface area contributed by atoms with E-state index >= 15 is 0 Å². The van der Waals surface area contributed by atoms with Gasteiger partial charge in [0.15, 0.2) is 0 Å². The normalized spacial score (nSPS) is 11.0. The summed E-state index contributed by atoms with van der Waals surface area (Å²) in [6, 6.07) is 18.1. The molecule has 0 aliphatic carbocycles. The number of esters is 2. The molecule has 0 aromatic heterocycles. The molecule has 0 bridgehead atoms. The fraction of sp³-hybridized carbons (Fsp3) is 0.318. The van der Waals surface area contributed by atoms with Crippen LogP contribution in [0.15, 0.2) is 60.7 Å². The number of carbonyl (C=O) groups is 3. The number of benzene rings is 2. The minimum absolute atomic E-state index is 0.0515. The van der Waals surface area contributed by atoms with E-state index in [0.717, 1.165) is 0 Å². The molecule has 148 valence electrons. The SMILES string of the molecule is CCOC(=O)C(NC(C)=O)(C(=O)OCC)C(c1ccccc1)c1ccccc1. The van der Waals surface area contributed by atoms with E-state index in [9.17, 15) is 14.4 Å². The summed E-state index contributed by atoms with van der Waals surface area (Å²) in [5, 5.41) is 2.57. The van der Waals surface area contributed by atoms with Crippen molar-refractivity contribution in [1.29, 1.82) is 0 Å². The molecule has 28 heavy (non-hydrogen) atoms. The Morgan fingerprint density at radius 1 is 0.821 bits per heavy atom. The maximum absolute atomic E-state index is 13.2. The zero-order chi connectivity index (χ0) is 20.6. The quantitative estimate of drug-likeness (QED) is 0.560. The fourth-order valence-corrected chi connectivity index (χ4v) is 3.24. The predicted molar refractivity (Wildman–Crippen MR) is 105 cm³/mol. The van der Waals surface area contributed by atoms with E-state index in [0.29, 0.717) is 11.1 Å². The van der Waals surface area contributed by atoms with Gasteiger partial charge in [-0.05, 0) is 25.0 Å². The summed E-state index contributed by atoms with van der Waals surface area (Å²) < 4.78 is 10.5. The number of nitrogens with one attached hydrogen (secondary N) is 1. The van der Waals surface area contributed by atoms with Gasteiger partial charge < -0.3 is 14.8 Å². The third-order valence-corrected chi connectivity index (χ3v) is 4.27. The molecule has 1 N–H and O–H groups in total. The summed E-state index contributed by atoms with van der Waals surface area (Å²) in [6.45, 7) is 4.63. The molecule has 0 unspecified atom stereocenters. The van der Waals surface area contributed by atoms with Gasteiger partial charge in [-0.25, -0.2) is 9.59 Å². The minimum Gasteiger partial charge on any atom is -0.464 e. The van der Waals surface area contributed by atoms with Gasteiger partial charge in [0.1, 0.15) is 0 Å². The first kappa shape index (κ1) is 21.2. The van der Waals surface area contributed by atoms with Crippen LogP contribution in [0.4, 0.5) is 0 Å². The van der Waals surface area contributed by atoms with Crippen molar-refractivity contribution in [3.8, 4) is 0 Å². The Balaban J connectivity index is 2.81. The molecule has 0 saturated heterocycles. The van der Waals surface area contributed by atoms with Crippen LogP contribution in [0.1, 0.15) is 37.8 Å². The van der Waals surface area contributed by atoms with Crippen LogP contribution in [-0.4, -0.2) is 36.6 Å². The van der Waals surface area contributed by atoms with Crippen molar-refractivity contribution in [2.75, 3.05) is 13.2 Å². The highest BCUT2D eigenvalue weighted by molar-refractivity contribution is 6.09. The lowest BCUT2D eigenvalue weighted by atomic mass is 9.74. The Bertz CT molecular complexity index is 747. The average Bonchev–Trinajstić information content (AvgIpc) is 2.69. The number of amides is 1. The molecule has 0 aliphatic heterocycles. The van der Waals surface area contributed by atoms with E-state index in [2.05, 4.69) is 5.32 Å². The summed E-state index contributed by atoms with van der Waals surface area (Å²) >= 11 is 0. The first-order chi connectivity index (χ1) is 13.5. The third kappa shape index (κ3) is 4.39. The first-order valence-corrected chi connectivity index (χ1v) is 9.20. The number of ether oxygens (including phenoxy) is 2. The van der Waals surface area contributed by atoms with Crippen LogP contribution in [0.3, 0.4) is 0 Å². The van der Waals surface area contributed by atoms with Gasteiger partial charge in [0.2, 0.25) is 11.4 Å². The largest absolute Gasteiger partial charge is 0.464 e. The smallest absolute Gasteiger partial charge is 0.344 e. The van der Waals surface area contributed by atoms with Crippen LogP contribution in [0.5, 0.6) is 0 Å². The molecule has 0 fully saturated rings. The zero-order valence-corrected chi connectivity index (χ0v) is 16.3. The van der Waals surface area contributed by atoms with E-state index in [1.807, 2.05) is 12.1 Å². The van der Waals surface area contributed by atoms with Crippen LogP contribution in [0, 0.1) is 0 Å². The van der Waals surface area contributed by atoms with Gasteiger partial charge in [0.25, 0.3) is 0 Å². The lowest BCUT2D eigenvalue weighted by Gasteiger charge is -2.37. The van der Waals surface area contributed by atoms with Gasteiger partial charge in [0.05, 0.1) is 19.1 Å². The van der Waals surface area contributed by atoms with E-state index in [1.54, 1.807) is 62.4 Å². The van der Waals surface area contributed by atoms with Crippen molar-refractivity contribution >= 4 is 17.8 Å². The van der Waals surface area contributed by atoms with Gasteiger partial charge >= 0.3 is 11.9 Å². The monoisotopic (exact) mass is 383 g/mol. The van der Waals surface area contributed by atoms with Crippen molar-refractivity contribution < 1.29 is 23.9 Å². The van der Waals surface area contributed by atoms with Crippen LogP contribution in [-0.2, 0) is 23.9 Å². The van der Waals surface area contributed by atoms with Gasteiger partial charge in [-0.1, -0.05) is 60.7 Å². The molecule has 0 aliphatic rings. The van der Waals surface area contributed by atoms with E-state index in [4.69, 9.17) is 9.47 Å². The van der Waals surface area contributed by atoms with Crippen LogP contribution in [0.2, 0.25) is 0 Å². The third-order valence-electron chi connectivity index (χ3n) is 4.27. The van der Waals surface area contributed by atoms with Crippen molar-refractivity contribution in [1.82, 2.24) is 5.32 Å². The Kier molecular flexibility index (Phi) is 7.32. The van der Waals surface area contributed by atoms with Crippen molar-refractivity contribution in [2.24, 2.45) is 0 Å². The van der Waals surface area contributed by atoms with E-state index in [1.165, 1.54) is 6.92 Å². The number of hydrogen-bond acceptors (Lipinski definition) is 5. The van der Waals surface area contributed by atoms with Gasteiger partial charge in [-0.2, -0.15) is 0 Å². The van der Waals surface area contributed by atoms with Crippen molar-refractivity contribution in [3.05, 3.63) is 71.8 Å². The number of carbonyl (C=O) groups excluding carboxylic acids is 3. The summed E-state index contributed by atoms with van der Waals surface area (Å²) in [7, 11) is 0. The van der Waals surface area contributed by atoms with Crippen LogP contribution < -0.4 is 5.32 Å². The molecular weight excluding hydrogens is 358 g/mol. The summed E-state index contributed by atoms with van der Waals surface area (Å²) in [5.74, 6) is -3.10. The Labute approximate surface area is 164 Å². The molecule has 2 aromatic rings. The molecular formula is C22H25NO5. The molecule has 0 saturated carbocycles. The predicted octanol–water partition coefficient (Wildman–Crippen LogP) is 2.82. The standard InChI is InChI=1S/C22H25NO5/c1-4-27-20(25)22(23-16(3)24,21(26)28-5-2)19(17-12-8-6-9-13-17)18-14-10-7-11-15-18/h6-15,19H,4-5H2,1-3H3,(H,23,24). The average molecular weight is 383 g/mol. The van der Waals surface area contributed by atoms with E-state index < -0.39 is 29.3 Å². The van der Waals surface area contributed by atoms with Crippen molar-refractivity contribution in [3.63, 3.8) is 0 Å². The molecule has 6 heteroatoms. The lowest BCUT2D eigenvalue weighted by Crippen LogP contribution is -2.64. The lowest BCUT2D eigenvalue weighted by molar-refractivity contribution is -0.169. The first-order valence-electron chi connectivity index (χ1n) is 9.20. The summed E-state index contributed by atoms with van der Waals surface area (Å²) in [6.07, 6.45) is 0. The number of rotatable bonds is 8. The maximum atomic E-state index is 13.2. The Morgan fingerprint density at radius 3 is 1.54 bits per heavy atom. The Hall–Kier alpha value is -3.15. The molecule has 0 spiro atoms. The molecule has 0 radical (unpaired) electrons. The number of hydrogen-bond donors (Lipinski definition) is 1. The van der Waals surface area contributed by atoms with Gasteiger partial charge in [-0.15, -0.1) is 0 Å². The Morgan fingerprint density at radius 2 is 1.21 bits per heavy atom. The molecule has 6 nitrogen and oxygen atoms in total. The van der Waals surface area contributed by atoms with Gasteiger partial charge in [0, 0.05) is 6.92 Å². The van der Waals surface area contributed by atoms with Gasteiger partial charge in [-0.3, -0.25) is 4.79 Å². The van der Waals surface area contributed by atoms with Crippen molar-refractivity contribution in [2.45, 2.75) is 32.2 Å².